The monoisotopic (exact) mass is 206 g/mol. The van der Waals surface area contributed by atoms with Crippen LogP contribution in [-0.4, -0.2) is 27.9 Å². The van der Waals surface area contributed by atoms with Gasteiger partial charge in [-0.2, -0.15) is 5.10 Å². The van der Waals surface area contributed by atoms with E-state index in [4.69, 9.17) is 4.74 Å². The molecule has 0 aliphatic rings. The van der Waals surface area contributed by atoms with E-state index in [1.807, 2.05) is 0 Å². The molecule has 0 atom stereocenters. The van der Waals surface area contributed by atoms with E-state index < -0.39 is 5.97 Å². The Kier molecular flexibility index (Phi) is 2.29. The number of carbonyl (C=O) groups is 1. The van der Waals surface area contributed by atoms with Gasteiger partial charge in [-0.15, -0.1) is 0 Å². The quantitative estimate of drug-likeness (QED) is 0.729. The van der Waals surface area contributed by atoms with Crippen molar-refractivity contribution < 1.29 is 14.6 Å². The molecular formula is C10H10N2O3. The molecule has 0 radical (unpaired) electrons. The van der Waals surface area contributed by atoms with Crippen LogP contribution in [0.25, 0.3) is 10.9 Å². The van der Waals surface area contributed by atoms with E-state index in [1.54, 1.807) is 13.0 Å². The molecule has 5 nitrogen and oxygen atoms in total. The number of ether oxygens (including phenoxy) is 1. The number of nitrogens with one attached hydrogen (secondary N) is 1. The Balaban J connectivity index is 2.52. The van der Waals surface area contributed by atoms with Crippen LogP contribution in [0.3, 0.4) is 0 Å². The summed E-state index contributed by atoms with van der Waals surface area (Å²) in [4.78, 5) is 11.4. The lowest BCUT2D eigenvalue weighted by Crippen LogP contribution is -2.05. The second kappa shape index (κ2) is 3.61. The summed E-state index contributed by atoms with van der Waals surface area (Å²) in [6, 6.07) is 4.65. The molecule has 0 aliphatic carbocycles. The standard InChI is InChI=1S/C10H10N2O3/c1-2-15-10(14)9-7-5-6(13)3-4-8(7)11-12-9/h3-5,13H,2H2,1H3,(H,11,12). The number of H-pyrrole nitrogens is 1. The molecule has 0 bridgehead atoms. The first-order valence-corrected chi connectivity index (χ1v) is 4.56. The second-order valence-electron chi connectivity index (χ2n) is 3.02. The van der Waals surface area contributed by atoms with Gasteiger partial charge in [-0.3, -0.25) is 5.10 Å². The van der Waals surface area contributed by atoms with Crippen molar-refractivity contribution in [3.05, 3.63) is 23.9 Å². The highest BCUT2D eigenvalue weighted by molar-refractivity contribution is 6.02. The summed E-state index contributed by atoms with van der Waals surface area (Å²) in [5.74, 6) is -0.399. The van der Waals surface area contributed by atoms with Crippen molar-refractivity contribution in [1.29, 1.82) is 0 Å². The summed E-state index contributed by atoms with van der Waals surface area (Å²) in [5, 5.41) is 16.4. The predicted octanol–water partition coefficient (Wildman–Crippen LogP) is 1.45. The molecule has 2 N–H and O–H groups in total. The normalized spacial score (nSPS) is 10.5. The van der Waals surface area contributed by atoms with Crippen LogP contribution in [-0.2, 0) is 4.74 Å². The minimum absolute atomic E-state index is 0.0921. The highest BCUT2D eigenvalue weighted by atomic mass is 16.5. The highest BCUT2D eigenvalue weighted by Gasteiger charge is 2.15. The first-order valence-electron chi connectivity index (χ1n) is 4.56. The topological polar surface area (TPSA) is 75.2 Å². The molecule has 0 unspecified atom stereocenters. The Morgan fingerprint density at radius 1 is 1.60 bits per heavy atom. The number of aromatic nitrogens is 2. The Labute approximate surface area is 85.7 Å². The zero-order chi connectivity index (χ0) is 10.8. The first kappa shape index (κ1) is 9.51. The molecule has 5 heteroatoms. The largest absolute Gasteiger partial charge is 0.508 e. The third-order valence-electron chi connectivity index (χ3n) is 2.02. The minimum atomic E-state index is -0.491. The van der Waals surface area contributed by atoms with Gasteiger partial charge < -0.3 is 9.84 Å². The Bertz CT molecular complexity index is 504. The number of esters is 1. The van der Waals surface area contributed by atoms with Crippen LogP contribution < -0.4 is 0 Å². The van der Waals surface area contributed by atoms with Crippen LogP contribution in [0.5, 0.6) is 5.75 Å². The molecule has 1 aromatic heterocycles. The van der Waals surface area contributed by atoms with Crippen LogP contribution in [0.15, 0.2) is 18.2 Å². The lowest BCUT2D eigenvalue weighted by Gasteiger charge is -1.98. The molecule has 2 rings (SSSR count). The van der Waals surface area contributed by atoms with Crippen molar-refractivity contribution >= 4 is 16.9 Å². The third-order valence-corrected chi connectivity index (χ3v) is 2.02. The number of rotatable bonds is 2. The summed E-state index contributed by atoms with van der Waals surface area (Å²) in [7, 11) is 0. The molecule has 0 saturated heterocycles. The van der Waals surface area contributed by atoms with Crippen LogP contribution in [0, 0.1) is 0 Å². The van der Waals surface area contributed by atoms with E-state index in [9.17, 15) is 9.90 Å². The molecule has 1 heterocycles. The average Bonchev–Trinajstić information content (AvgIpc) is 2.60. The number of phenols is 1. The molecule has 15 heavy (non-hydrogen) atoms. The number of nitrogens with zero attached hydrogens (tertiary/aromatic N) is 1. The van der Waals surface area contributed by atoms with Crippen molar-refractivity contribution in [2.45, 2.75) is 6.92 Å². The smallest absolute Gasteiger partial charge is 0.359 e. The SMILES string of the molecule is CCOC(=O)c1n[nH]c2ccc(O)cc12. The van der Waals surface area contributed by atoms with Gasteiger partial charge in [0.15, 0.2) is 5.69 Å². The molecule has 1 aromatic carbocycles. The van der Waals surface area contributed by atoms with Crippen molar-refractivity contribution in [3.8, 4) is 5.75 Å². The van der Waals surface area contributed by atoms with Gasteiger partial charge in [0.2, 0.25) is 0 Å². The summed E-state index contributed by atoms with van der Waals surface area (Å²) < 4.78 is 4.83. The Hall–Kier alpha value is -2.04. The highest BCUT2D eigenvalue weighted by Crippen LogP contribution is 2.21. The van der Waals surface area contributed by atoms with E-state index >= 15 is 0 Å². The minimum Gasteiger partial charge on any atom is -0.508 e. The maximum atomic E-state index is 11.4. The van der Waals surface area contributed by atoms with E-state index in [0.717, 1.165) is 0 Å². The Morgan fingerprint density at radius 2 is 2.40 bits per heavy atom. The van der Waals surface area contributed by atoms with Gasteiger partial charge >= 0.3 is 5.97 Å². The van der Waals surface area contributed by atoms with Crippen LogP contribution in [0.1, 0.15) is 17.4 Å². The molecule has 78 valence electrons. The number of fused-ring (bicyclic) bond motifs is 1. The first-order chi connectivity index (χ1) is 7.22. The fourth-order valence-corrected chi connectivity index (χ4v) is 1.36. The van der Waals surface area contributed by atoms with E-state index in [2.05, 4.69) is 10.2 Å². The number of hydrogen-bond donors (Lipinski definition) is 2. The number of phenolic OH excluding ortho intramolecular Hbond substituents is 1. The molecular weight excluding hydrogens is 196 g/mol. The fraction of sp³-hybridized carbons (Fsp3) is 0.200. The van der Waals surface area contributed by atoms with Crippen molar-refractivity contribution in [2.24, 2.45) is 0 Å². The van der Waals surface area contributed by atoms with Crippen molar-refractivity contribution in [1.82, 2.24) is 10.2 Å². The lowest BCUT2D eigenvalue weighted by molar-refractivity contribution is 0.0521. The fourth-order valence-electron chi connectivity index (χ4n) is 1.36. The number of carbonyl (C=O) groups excluding carboxylic acids is 1. The molecule has 0 spiro atoms. The summed E-state index contributed by atoms with van der Waals surface area (Å²) in [6.45, 7) is 2.02. The van der Waals surface area contributed by atoms with Crippen molar-refractivity contribution in [2.75, 3.05) is 6.61 Å². The van der Waals surface area contributed by atoms with E-state index in [1.165, 1.54) is 12.1 Å². The molecule has 0 saturated carbocycles. The van der Waals surface area contributed by atoms with Gasteiger partial charge in [0.05, 0.1) is 12.1 Å². The van der Waals surface area contributed by atoms with Gasteiger partial charge in [-0.05, 0) is 25.1 Å². The maximum absolute atomic E-state index is 11.4. The van der Waals surface area contributed by atoms with Gasteiger partial charge in [0.1, 0.15) is 5.75 Å². The summed E-state index contributed by atoms with van der Waals surface area (Å²) >= 11 is 0. The molecule has 2 aromatic rings. The average molecular weight is 206 g/mol. The summed E-state index contributed by atoms with van der Waals surface area (Å²) in [5.41, 5.74) is 0.888. The molecule has 0 aliphatic heterocycles. The zero-order valence-electron chi connectivity index (χ0n) is 8.15. The van der Waals surface area contributed by atoms with E-state index in [-0.39, 0.29) is 11.4 Å². The van der Waals surface area contributed by atoms with Gasteiger partial charge in [0, 0.05) is 5.39 Å². The lowest BCUT2D eigenvalue weighted by atomic mass is 10.2. The third kappa shape index (κ3) is 1.63. The van der Waals surface area contributed by atoms with Crippen LogP contribution in [0.4, 0.5) is 0 Å². The van der Waals surface area contributed by atoms with Crippen LogP contribution >= 0.6 is 0 Å². The van der Waals surface area contributed by atoms with Crippen LogP contribution in [0.2, 0.25) is 0 Å². The maximum Gasteiger partial charge on any atom is 0.359 e. The predicted molar refractivity (Wildman–Crippen MR) is 53.7 cm³/mol. The Morgan fingerprint density at radius 3 is 3.13 bits per heavy atom. The van der Waals surface area contributed by atoms with Gasteiger partial charge in [0.25, 0.3) is 0 Å². The second-order valence-corrected chi connectivity index (χ2v) is 3.02. The molecule has 0 fully saturated rings. The number of benzene rings is 1. The summed E-state index contributed by atoms with van der Waals surface area (Å²) in [6.07, 6.45) is 0. The number of aromatic amines is 1. The van der Waals surface area contributed by atoms with E-state index in [0.29, 0.717) is 17.5 Å². The number of hydrogen-bond acceptors (Lipinski definition) is 4. The molecule has 0 amide bonds. The zero-order valence-corrected chi connectivity index (χ0v) is 8.15. The van der Waals surface area contributed by atoms with Crippen molar-refractivity contribution in [3.63, 3.8) is 0 Å². The van der Waals surface area contributed by atoms with Gasteiger partial charge in [-0.25, -0.2) is 4.79 Å². The number of aromatic hydroxyl groups is 1. The van der Waals surface area contributed by atoms with Gasteiger partial charge in [-0.1, -0.05) is 0 Å².